The van der Waals surface area contributed by atoms with E-state index in [1.807, 2.05) is 24.3 Å². The highest BCUT2D eigenvalue weighted by molar-refractivity contribution is 5.29. The summed E-state index contributed by atoms with van der Waals surface area (Å²) in [7, 11) is 0. The molecule has 1 aromatic carbocycles. The molecule has 1 N–H and O–H groups in total. The lowest BCUT2D eigenvalue weighted by atomic mass is 10.0. The molecule has 0 amide bonds. The van der Waals surface area contributed by atoms with E-state index >= 15 is 0 Å². The summed E-state index contributed by atoms with van der Waals surface area (Å²) in [6.45, 7) is 1.12. The maximum absolute atomic E-state index is 8.37. The van der Waals surface area contributed by atoms with E-state index in [4.69, 9.17) is 5.53 Å². The van der Waals surface area contributed by atoms with Crippen molar-refractivity contribution >= 4 is 5.95 Å². The van der Waals surface area contributed by atoms with Crippen LogP contribution in [0.2, 0.25) is 0 Å². The molecule has 2 aromatic rings. The fraction of sp³-hybridized carbons (Fsp3) is 0.231. The van der Waals surface area contributed by atoms with Crippen LogP contribution in [-0.2, 0) is 13.0 Å². The molecule has 1 aromatic heterocycles. The molecule has 0 saturated heterocycles. The molecule has 0 fully saturated rings. The summed E-state index contributed by atoms with van der Waals surface area (Å²) in [5.74, 6) is 0.620. The van der Waals surface area contributed by atoms with Crippen LogP contribution in [0.4, 0.5) is 5.95 Å². The van der Waals surface area contributed by atoms with E-state index < -0.39 is 0 Å². The van der Waals surface area contributed by atoms with E-state index in [1.165, 1.54) is 5.56 Å². The van der Waals surface area contributed by atoms with Crippen molar-refractivity contribution in [2.75, 3.05) is 11.9 Å². The average Bonchev–Trinajstić information content (AvgIpc) is 2.47. The first-order chi connectivity index (χ1) is 9.40. The minimum atomic E-state index is 0.383. The van der Waals surface area contributed by atoms with Gasteiger partial charge in [-0.05, 0) is 29.1 Å². The van der Waals surface area contributed by atoms with Crippen molar-refractivity contribution in [1.29, 1.82) is 0 Å². The number of anilines is 1. The van der Waals surface area contributed by atoms with Crippen LogP contribution in [0.25, 0.3) is 10.4 Å². The largest absolute Gasteiger partial charge is 0.354 e. The number of rotatable bonds is 6. The minimum absolute atomic E-state index is 0.383. The Morgan fingerprint density at radius 3 is 2.58 bits per heavy atom. The first kappa shape index (κ1) is 12.9. The molecule has 0 saturated carbocycles. The van der Waals surface area contributed by atoms with Gasteiger partial charge >= 0.3 is 0 Å². The van der Waals surface area contributed by atoms with E-state index in [9.17, 15) is 0 Å². The molecular weight excluding hydrogens is 240 g/mol. The zero-order chi connectivity index (χ0) is 13.3. The fourth-order valence-corrected chi connectivity index (χ4v) is 1.76. The van der Waals surface area contributed by atoms with Crippen LogP contribution in [0.1, 0.15) is 11.1 Å². The molecule has 0 aliphatic carbocycles. The van der Waals surface area contributed by atoms with Gasteiger partial charge in [0.25, 0.3) is 0 Å². The summed E-state index contributed by atoms with van der Waals surface area (Å²) in [6.07, 6.45) is 4.23. The van der Waals surface area contributed by atoms with Crippen LogP contribution >= 0.6 is 0 Å². The Kier molecular flexibility index (Phi) is 4.72. The Labute approximate surface area is 111 Å². The van der Waals surface area contributed by atoms with E-state index in [0.29, 0.717) is 12.5 Å². The first-order valence-electron chi connectivity index (χ1n) is 5.98. The Hall–Kier alpha value is -2.59. The topological polar surface area (TPSA) is 86.6 Å². The molecule has 19 heavy (non-hydrogen) atoms. The predicted molar refractivity (Wildman–Crippen MR) is 73.5 cm³/mol. The van der Waals surface area contributed by atoms with Crippen molar-refractivity contribution < 1.29 is 0 Å². The second-order valence-corrected chi connectivity index (χ2v) is 3.91. The van der Waals surface area contributed by atoms with Gasteiger partial charge in [-0.25, -0.2) is 9.97 Å². The standard InChI is InChI=1S/C13H14N6/c14-19-18-10-12-5-2-1-4-11(12)6-9-17-13-15-7-3-8-16-13/h1-5,7-8H,6,9-10H2,(H,15,16,17). The predicted octanol–water partition coefficient (Wildman–Crippen LogP) is 2.94. The zero-order valence-electron chi connectivity index (χ0n) is 10.4. The normalized spacial score (nSPS) is 9.68. The maximum Gasteiger partial charge on any atom is 0.222 e. The number of nitrogens with one attached hydrogen (secondary N) is 1. The molecule has 0 bridgehead atoms. The van der Waals surface area contributed by atoms with E-state index in [1.54, 1.807) is 18.5 Å². The van der Waals surface area contributed by atoms with Gasteiger partial charge in [0.15, 0.2) is 0 Å². The van der Waals surface area contributed by atoms with Gasteiger partial charge in [0.1, 0.15) is 0 Å². The van der Waals surface area contributed by atoms with E-state index in [-0.39, 0.29) is 0 Å². The van der Waals surface area contributed by atoms with Gasteiger partial charge in [0.05, 0.1) is 6.54 Å². The number of azide groups is 1. The first-order valence-corrected chi connectivity index (χ1v) is 5.98. The monoisotopic (exact) mass is 254 g/mol. The third-order valence-electron chi connectivity index (χ3n) is 2.67. The molecule has 0 aliphatic heterocycles. The van der Waals surface area contributed by atoms with Crippen molar-refractivity contribution in [2.24, 2.45) is 5.11 Å². The molecule has 6 heteroatoms. The van der Waals surface area contributed by atoms with Crippen molar-refractivity contribution in [3.05, 3.63) is 64.3 Å². The molecule has 0 radical (unpaired) electrons. The highest BCUT2D eigenvalue weighted by atomic mass is 15.1. The van der Waals surface area contributed by atoms with Crippen LogP contribution < -0.4 is 5.32 Å². The summed E-state index contributed by atoms with van der Waals surface area (Å²) < 4.78 is 0. The molecule has 6 nitrogen and oxygen atoms in total. The third kappa shape index (κ3) is 3.97. The van der Waals surface area contributed by atoms with E-state index in [0.717, 1.165) is 18.5 Å². The van der Waals surface area contributed by atoms with Crippen LogP contribution in [0.3, 0.4) is 0 Å². The lowest BCUT2D eigenvalue weighted by molar-refractivity contribution is 0.940. The zero-order valence-corrected chi connectivity index (χ0v) is 10.4. The lowest BCUT2D eigenvalue weighted by Gasteiger charge is -2.08. The summed E-state index contributed by atoms with van der Waals surface area (Å²) in [5.41, 5.74) is 10.6. The van der Waals surface area contributed by atoms with Gasteiger partial charge in [0, 0.05) is 23.9 Å². The van der Waals surface area contributed by atoms with Gasteiger partial charge in [-0.1, -0.05) is 29.4 Å². The van der Waals surface area contributed by atoms with Crippen LogP contribution in [-0.4, -0.2) is 16.5 Å². The Bertz CT molecular complexity index is 562. The Morgan fingerprint density at radius 1 is 1.11 bits per heavy atom. The highest BCUT2D eigenvalue weighted by Crippen LogP contribution is 2.11. The second kappa shape index (κ2) is 6.98. The molecule has 0 unspecified atom stereocenters. The van der Waals surface area contributed by atoms with Crippen LogP contribution in [0.15, 0.2) is 47.8 Å². The molecule has 96 valence electrons. The number of nitrogens with zero attached hydrogens (tertiary/aromatic N) is 5. The molecule has 1 heterocycles. The van der Waals surface area contributed by atoms with Crippen LogP contribution in [0, 0.1) is 0 Å². The minimum Gasteiger partial charge on any atom is -0.354 e. The average molecular weight is 254 g/mol. The van der Waals surface area contributed by atoms with Gasteiger partial charge in [-0.3, -0.25) is 0 Å². The number of benzene rings is 1. The fourth-order valence-electron chi connectivity index (χ4n) is 1.76. The number of aromatic nitrogens is 2. The summed E-state index contributed by atoms with van der Waals surface area (Å²) in [6, 6.07) is 9.71. The Balaban J connectivity index is 1.94. The number of hydrogen-bond donors (Lipinski definition) is 1. The smallest absolute Gasteiger partial charge is 0.222 e. The van der Waals surface area contributed by atoms with Gasteiger partial charge < -0.3 is 5.32 Å². The summed E-state index contributed by atoms with van der Waals surface area (Å²) >= 11 is 0. The molecule has 0 spiro atoms. The highest BCUT2D eigenvalue weighted by Gasteiger charge is 2.01. The van der Waals surface area contributed by atoms with Crippen LogP contribution in [0.5, 0.6) is 0 Å². The van der Waals surface area contributed by atoms with Gasteiger partial charge in [-0.15, -0.1) is 0 Å². The molecule has 0 atom stereocenters. The maximum atomic E-state index is 8.37. The second-order valence-electron chi connectivity index (χ2n) is 3.91. The molecule has 2 rings (SSSR count). The van der Waals surface area contributed by atoms with Gasteiger partial charge in [-0.2, -0.15) is 0 Å². The number of hydrogen-bond acceptors (Lipinski definition) is 4. The van der Waals surface area contributed by atoms with Gasteiger partial charge in [0.2, 0.25) is 5.95 Å². The van der Waals surface area contributed by atoms with Crippen molar-refractivity contribution in [2.45, 2.75) is 13.0 Å². The Morgan fingerprint density at radius 2 is 1.84 bits per heavy atom. The lowest BCUT2D eigenvalue weighted by Crippen LogP contribution is -2.08. The quantitative estimate of drug-likeness (QED) is 0.488. The summed E-state index contributed by atoms with van der Waals surface area (Å²) in [5, 5.41) is 6.76. The van der Waals surface area contributed by atoms with Crippen molar-refractivity contribution in [1.82, 2.24) is 9.97 Å². The molecular formula is C13H14N6. The third-order valence-corrected chi connectivity index (χ3v) is 2.67. The van der Waals surface area contributed by atoms with Crippen molar-refractivity contribution in [3.8, 4) is 0 Å². The summed E-state index contributed by atoms with van der Waals surface area (Å²) in [4.78, 5) is 11.0. The SMILES string of the molecule is [N-]=[N+]=NCc1ccccc1CCNc1ncccn1. The molecule has 0 aliphatic rings. The van der Waals surface area contributed by atoms with E-state index in [2.05, 4.69) is 25.3 Å². The van der Waals surface area contributed by atoms with Crippen molar-refractivity contribution in [3.63, 3.8) is 0 Å².